The first-order valence-corrected chi connectivity index (χ1v) is 9.12. The second kappa shape index (κ2) is 5.47. The first-order valence-electron chi connectivity index (χ1n) is 9.12. The Kier molecular flexibility index (Phi) is 3.56. The van der Waals surface area contributed by atoms with Gasteiger partial charge in [0, 0.05) is 5.56 Å². The topological polar surface area (TPSA) is 57.5 Å². The van der Waals surface area contributed by atoms with Crippen LogP contribution in [0.3, 0.4) is 0 Å². The van der Waals surface area contributed by atoms with Crippen LogP contribution >= 0.6 is 0 Å². The van der Waals surface area contributed by atoms with Crippen molar-refractivity contribution in [2.45, 2.75) is 50.9 Å². The Morgan fingerprint density at radius 3 is 2.31 bits per heavy atom. The summed E-state index contributed by atoms with van der Waals surface area (Å²) in [5.74, 6) is -1.05. The molecule has 1 saturated carbocycles. The molecule has 0 aromatic heterocycles. The Labute approximate surface area is 154 Å². The third-order valence-electron chi connectivity index (χ3n) is 6.43. The number of hydrogen-bond donors (Lipinski definition) is 2. The van der Waals surface area contributed by atoms with Gasteiger partial charge in [0.25, 0.3) is 0 Å². The first kappa shape index (κ1) is 16.9. The standard InChI is InChI=1S/C23H24O3/c1-14(10-16-4-5-17(21(25)26)12-20(16)24)15-6-7-18-19(11-15)23(3)9-8-22(18,2)13-23/h4-7,10-12,24H,8-9,13H2,1-3H3,(H,25,26)/b14-10+. The van der Waals surface area contributed by atoms with E-state index in [0.29, 0.717) is 11.0 Å². The number of hydrogen-bond acceptors (Lipinski definition) is 2. The van der Waals surface area contributed by atoms with E-state index in [9.17, 15) is 9.90 Å². The fourth-order valence-corrected chi connectivity index (χ4v) is 4.98. The van der Waals surface area contributed by atoms with Crippen LogP contribution in [0.2, 0.25) is 0 Å². The molecule has 134 valence electrons. The number of allylic oxidation sites excluding steroid dienone is 1. The molecule has 26 heavy (non-hydrogen) atoms. The zero-order valence-electron chi connectivity index (χ0n) is 15.5. The SMILES string of the molecule is C/C(=C\c1ccc(C(=O)O)cc1O)c1ccc2c(c1)C1(C)CCC2(C)C1. The van der Waals surface area contributed by atoms with Crippen molar-refractivity contribution in [1.29, 1.82) is 0 Å². The van der Waals surface area contributed by atoms with Crippen molar-refractivity contribution in [3.05, 3.63) is 64.2 Å². The summed E-state index contributed by atoms with van der Waals surface area (Å²) < 4.78 is 0. The summed E-state index contributed by atoms with van der Waals surface area (Å²) in [6.45, 7) is 6.79. The normalized spacial score (nSPS) is 26.8. The van der Waals surface area contributed by atoms with Crippen molar-refractivity contribution in [1.82, 2.24) is 0 Å². The van der Waals surface area contributed by atoms with Gasteiger partial charge >= 0.3 is 5.97 Å². The van der Waals surface area contributed by atoms with E-state index in [0.717, 1.165) is 11.1 Å². The number of phenols is 1. The van der Waals surface area contributed by atoms with Gasteiger partial charge in [-0.2, -0.15) is 0 Å². The summed E-state index contributed by atoms with van der Waals surface area (Å²) in [5, 5.41) is 19.2. The maximum absolute atomic E-state index is 11.0. The Morgan fingerprint density at radius 1 is 1.00 bits per heavy atom. The predicted molar refractivity (Wildman–Crippen MR) is 104 cm³/mol. The fourth-order valence-electron chi connectivity index (χ4n) is 4.98. The van der Waals surface area contributed by atoms with E-state index in [1.807, 2.05) is 13.0 Å². The minimum Gasteiger partial charge on any atom is -0.507 e. The maximum atomic E-state index is 11.0. The second-order valence-corrected chi connectivity index (χ2v) is 8.46. The Hall–Kier alpha value is -2.55. The summed E-state index contributed by atoms with van der Waals surface area (Å²) in [6.07, 6.45) is 5.67. The van der Waals surface area contributed by atoms with Crippen LogP contribution in [-0.4, -0.2) is 16.2 Å². The molecule has 2 aliphatic carbocycles. The van der Waals surface area contributed by atoms with Crippen molar-refractivity contribution in [3.63, 3.8) is 0 Å². The quantitative estimate of drug-likeness (QED) is 0.734. The molecule has 3 nitrogen and oxygen atoms in total. The molecular weight excluding hydrogens is 324 g/mol. The predicted octanol–water partition coefficient (Wildman–Crippen LogP) is 5.36. The molecule has 2 atom stereocenters. The third kappa shape index (κ3) is 2.45. The van der Waals surface area contributed by atoms with Crippen molar-refractivity contribution in [2.24, 2.45) is 0 Å². The number of carboxylic acids is 1. The van der Waals surface area contributed by atoms with Gasteiger partial charge in [0.15, 0.2) is 0 Å². The van der Waals surface area contributed by atoms with Crippen LogP contribution in [0.25, 0.3) is 11.6 Å². The van der Waals surface area contributed by atoms with Crippen molar-refractivity contribution in [3.8, 4) is 5.75 Å². The molecule has 0 amide bonds. The molecular formula is C23H24O3. The van der Waals surface area contributed by atoms with Gasteiger partial charge < -0.3 is 10.2 Å². The van der Waals surface area contributed by atoms with Crippen LogP contribution in [0, 0.1) is 0 Å². The second-order valence-electron chi connectivity index (χ2n) is 8.46. The average molecular weight is 348 g/mol. The van der Waals surface area contributed by atoms with E-state index in [1.165, 1.54) is 42.5 Å². The number of fused-ring (bicyclic) bond motifs is 5. The van der Waals surface area contributed by atoms with Gasteiger partial charge in [-0.1, -0.05) is 38.1 Å². The monoisotopic (exact) mass is 348 g/mol. The van der Waals surface area contributed by atoms with E-state index in [2.05, 4.69) is 32.0 Å². The minimum absolute atomic E-state index is 0.0102. The third-order valence-corrected chi connectivity index (χ3v) is 6.43. The lowest BCUT2D eigenvalue weighted by molar-refractivity contribution is 0.0696. The van der Waals surface area contributed by atoms with Crippen molar-refractivity contribution in [2.75, 3.05) is 0 Å². The number of aromatic carboxylic acids is 1. The number of aromatic hydroxyl groups is 1. The van der Waals surface area contributed by atoms with E-state index in [1.54, 1.807) is 6.07 Å². The number of benzene rings is 2. The minimum atomic E-state index is -1.04. The van der Waals surface area contributed by atoms with E-state index in [4.69, 9.17) is 5.11 Å². The van der Waals surface area contributed by atoms with E-state index in [-0.39, 0.29) is 16.7 Å². The molecule has 0 aliphatic heterocycles. The van der Waals surface area contributed by atoms with Crippen LogP contribution in [0.1, 0.15) is 72.6 Å². The van der Waals surface area contributed by atoms with Gasteiger partial charge in [0.05, 0.1) is 5.56 Å². The smallest absolute Gasteiger partial charge is 0.335 e. The summed E-state index contributed by atoms with van der Waals surface area (Å²) in [7, 11) is 0. The molecule has 2 bridgehead atoms. The van der Waals surface area contributed by atoms with Crippen LogP contribution < -0.4 is 0 Å². The lowest BCUT2D eigenvalue weighted by Gasteiger charge is -2.27. The zero-order chi connectivity index (χ0) is 18.7. The molecule has 0 heterocycles. The first-order chi connectivity index (χ1) is 12.2. The molecule has 1 fully saturated rings. The molecule has 0 saturated heterocycles. The molecule has 0 spiro atoms. The van der Waals surface area contributed by atoms with Gasteiger partial charge in [-0.3, -0.25) is 0 Å². The number of carboxylic acid groups (broad SMARTS) is 1. The summed E-state index contributed by atoms with van der Waals surface area (Å²) >= 11 is 0. The van der Waals surface area contributed by atoms with Gasteiger partial charge in [-0.25, -0.2) is 4.79 Å². The number of phenolic OH excluding ortho intramolecular Hbond substituents is 1. The lowest BCUT2D eigenvalue weighted by atomic mass is 9.77. The van der Waals surface area contributed by atoms with Crippen molar-refractivity contribution >= 4 is 17.6 Å². The molecule has 3 heteroatoms. The highest BCUT2D eigenvalue weighted by molar-refractivity contribution is 5.90. The van der Waals surface area contributed by atoms with E-state index < -0.39 is 5.97 Å². The van der Waals surface area contributed by atoms with Crippen LogP contribution in [-0.2, 0) is 10.8 Å². The summed E-state index contributed by atoms with van der Waals surface area (Å²) in [5.41, 5.74) is 6.51. The Morgan fingerprint density at radius 2 is 1.65 bits per heavy atom. The number of rotatable bonds is 3. The largest absolute Gasteiger partial charge is 0.507 e. The van der Waals surface area contributed by atoms with E-state index >= 15 is 0 Å². The highest BCUT2D eigenvalue weighted by Gasteiger charge is 2.52. The van der Waals surface area contributed by atoms with Crippen LogP contribution in [0.4, 0.5) is 0 Å². The summed E-state index contributed by atoms with van der Waals surface area (Å²) in [4.78, 5) is 11.0. The molecule has 2 aromatic rings. The lowest BCUT2D eigenvalue weighted by Crippen LogP contribution is -2.18. The highest BCUT2D eigenvalue weighted by Crippen LogP contribution is 2.60. The van der Waals surface area contributed by atoms with Gasteiger partial charge in [0.1, 0.15) is 5.75 Å². The molecule has 2 unspecified atom stereocenters. The Balaban J connectivity index is 1.71. The molecule has 2 aromatic carbocycles. The zero-order valence-corrected chi connectivity index (χ0v) is 15.5. The van der Waals surface area contributed by atoms with Gasteiger partial charge in [0.2, 0.25) is 0 Å². The molecule has 2 N–H and O–H groups in total. The van der Waals surface area contributed by atoms with Crippen molar-refractivity contribution < 1.29 is 15.0 Å². The molecule has 2 aliphatic rings. The fraction of sp³-hybridized carbons (Fsp3) is 0.348. The number of carbonyl (C=O) groups is 1. The molecule has 0 radical (unpaired) electrons. The average Bonchev–Trinajstić information content (AvgIpc) is 3.03. The highest BCUT2D eigenvalue weighted by atomic mass is 16.4. The maximum Gasteiger partial charge on any atom is 0.335 e. The Bertz CT molecular complexity index is 956. The van der Waals surface area contributed by atoms with Crippen LogP contribution in [0.15, 0.2) is 36.4 Å². The van der Waals surface area contributed by atoms with Crippen LogP contribution in [0.5, 0.6) is 5.75 Å². The summed E-state index contributed by atoms with van der Waals surface area (Å²) in [6, 6.07) is 11.2. The van der Waals surface area contributed by atoms with Gasteiger partial charge in [-0.05, 0) is 77.5 Å². The van der Waals surface area contributed by atoms with Gasteiger partial charge in [-0.15, -0.1) is 0 Å². The molecule has 4 rings (SSSR count).